The van der Waals surface area contributed by atoms with E-state index >= 15 is 0 Å². The van der Waals surface area contributed by atoms with Crippen molar-refractivity contribution in [2.45, 2.75) is 18.2 Å². The maximum atomic E-state index is 13.0. The highest BCUT2D eigenvalue weighted by Gasteiger charge is 2.31. The molecule has 0 atom stereocenters. The number of hydrogen-bond donors (Lipinski definition) is 1. The van der Waals surface area contributed by atoms with Gasteiger partial charge in [-0.1, -0.05) is 23.8 Å². The van der Waals surface area contributed by atoms with Gasteiger partial charge in [0.25, 0.3) is 21.6 Å². The summed E-state index contributed by atoms with van der Waals surface area (Å²) < 4.78 is 27.5. The van der Waals surface area contributed by atoms with Gasteiger partial charge in [-0.3, -0.25) is 19.2 Å². The molecule has 1 N–H and O–H groups in total. The molecule has 3 aromatic carbocycles. The number of anilines is 2. The van der Waals surface area contributed by atoms with E-state index in [1.54, 1.807) is 48.5 Å². The third-order valence-corrected chi connectivity index (χ3v) is 6.95. The van der Waals surface area contributed by atoms with Crippen LogP contribution in [0.4, 0.5) is 17.1 Å². The van der Waals surface area contributed by atoms with Crippen LogP contribution >= 0.6 is 0 Å². The molecule has 0 radical (unpaired) electrons. The third kappa shape index (κ3) is 3.99. The molecule has 158 valence electrons. The lowest BCUT2D eigenvalue weighted by atomic mass is 10.1. The van der Waals surface area contributed by atoms with Gasteiger partial charge in [0.15, 0.2) is 0 Å². The van der Waals surface area contributed by atoms with Gasteiger partial charge < -0.3 is 5.32 Å². The second-order valence-corrected chi connectivity index (χ2v) is 9.11. The van der Waals surface area contributed by atoms with Crippen molar-refractivity contribution in [3.63, 3.8) is 0 Å². The summed E-state index contributed by atoms with van der Waals surface area (Å²) in [6.45, 7) is 2.18. The van der Waals surface area contributed by atoms with E-state index in [1.807, 2.05) is 6.92 Å². The molecular formula is C22H19N3O5S. The number of benzene rings is 3. The van der Waals surface area contributed by atoms with Crippen LogP contribution in [-0.4, -0.2) is 25.8 Å². The number of nitrogens with one attached hydrogen (secondary N) is 1. The fourth-order valence-electron chi connectivity index (χ4n) is 3.50. The first-order valence-corrected chi connectivity index (χ1v) is 11.0. The number of rotatable bonds is 5. The lowest BCUT2D eigenvalue weighted by Gasteiger charge is -2.20. The van der Waals surface area contributed by atoms with Crippen molar-refractivity contribution in [1.82, 2.24) is 0 Å². The highest BCUT2D eigenvalue weighted by atomic mass is 32.2. The maximum Gasteiger partial charge on any atom is 0.271 e. The summed E-state index contributed by atoms with van der Waals surface area (Å²) in [5, 5.41) is 13.5. The van der Waals surface area contributed by atoms with Crippen LogP contribution in [0.25, 0.3) is 0 Å². The van der Waals surface area contributed by atoms with Crippen molar-refractivity contribution in [1.29, 1.82) is 0 Å². The van der Waals surface area contributed by atoms with Crippen LogP contribution in [0.1, 0.15) is 21.5 Å². The van der Waals surface area contributed by atoms with Crippen molar-refractivity contribution < 1.29 is 18.1 Å². The van der Waals surface area contributed by atoms with E-state index in [1.165, 1.54) is 22.5 Å². The van der Waals surface area contributed by atoms with Crippen LogP contribution in [0.3, 0.4) is 0 Å². The number of fused-ring (bicyclic) bond motifs is 1. The molecule has 31 heavy (non-hydrogen) atoms. The monoisotopic (exact) mass is 437 g/mol. The first-order chi connectivity index (χ1) is 14.8. The van der Waals surface area contributed by atoms with E-state index in [0.717, 1.165) is 11.1 Å². The van der Waals surface area contributed by atoms with E-state index < -0.39 is 20.9 Å². The summed E-state index contributed by atoms with van der Waals surface area (Å²) in [7, 11) is -3.69. The predicted octanol–water partition coefficient (Wildman–Crippen LogP) is 3.91. The summed E-state index contributed by atoms with van der Waals surface area (Å²) in [5.41, 5.74) is 2.81. The number of carbonyl (C=O) groups excluding carboxylic acids is 1. The smallest absolute Gasteiger partial charge is 0.271 e. The third-order valence-electron chi connectivity index (χ3n) is 5.12. The molecule has 1 heterocycles. The van der Waals surface area contributed by atoms with Crippen LogP contribution in [-0.2, 0) is 16.4 Å². The lowest BCUT2D eigenvalue weighted by Crippen LogP contribution is -2.29. The van der Waals surface area contributed by atoms with Crippen molar-refractivity contribution in [3.8, 4) is 0 Å². The fraction of sp³-hybridized carbons (Fsp3) is 0.136. The molecule has 1 aliphatic heterocycles. The van der Waals surface area contributed by atoms with Crippen LogP contribution in [0.2, 0.25) is 0 Å². The van der Waals surface area contributed by atoms with Gasteiger partial charge in [-0.05, 0) is 55.3 Å². The highest BCUT2D eigenvalue weighted by Crippen LogP contribution is 2.34. The minimum Gasteiger partial charge on any atom is -0.322 e. The maximum absolute atomic E-state index is 13.0. The van der Waals surface area contributed by atoms with Gasteiger partial charge in [-0.15, -0.1) is 0 Å². The number of nitrogens with zero attached hydrogens (tertiary/aromatic N) is 2. The predicted molar refractivity (Wildman–Crippen MR) is 117 cm³/mol. The van der Waals surface area contributed by atoms with Crippen molar-refractivity contribution in [2.24, 2.45) is 0 Å². The fourth-order valence-corrected chi connectivity index (χ4v) is 5.00. The van der Waals surface area contributed by atoms with Gasteiger partial charge in [0.05, 0.1) is 15.5 Å². The van der Waals surface area contributed by atoms with Gasteiger partial charge in [0, 0.05) is 29.9 Å². The Morgan fingerprint density at radius 1 is 1.06 bits per heavy atom. The molecule has 0 spiro atoms. The average Bonchev–Trinajstić information content (AvgIpc) is 3.18. The van der Waals surface area contributed by atoms with E-state index in [-0.39, 0.29) is 10.6 Å². The van der Waals surface area contributed by atoms with Gasteiger partial charge in [-0.25, -0.2) is 8.42 Å². The number of amides is 1. The normalized spacial score (nSPS) is 13.0. The zero-order chi connectivity index (χ0) is 22.2. The molecule has 1 aliphatic rings. The van der Waals surface area contributed by atoms with Crippen molar-refractivity contribution >= 4 is 33.0 Å². The molecular weight excluding hydrogens is 418 g/mol. The molecule has 1 amide bonds. The molecule has 8 nitrogen and oxygen atoms in total. The van der Waals surface area contributed by atoms with Crippen LogP contribution in [0.5, 0.6) is 0 Å². The Bertz CT molecular complexity index is 1290. The second-order valence-electron chi connectivity index (χ2n) is 7.25. The first kappa shape index (κ1) is 20.5. The first-order valence-electron chi connectivity index (χ1n) is 9.54. The summed E-state index contributed by atoms with van der Waals surface area (Å²) in [6.07, 6.45) is 0.484. The Morgan fingerprint density at radius 3 is 2.52 bits per heavy atom. The van der Waals surface area contributed by atoms with E-state index in [0.29, 0.717) is 29.9 Å². The molecule has 4 rings (SSSR count). The van der Waals surface area contributed by atoms with Crippen LogP contribution < -0.4 is 9.62 Å². The van der Waals surface area contributed by atoms with E-state index in [2.05, 4.69) is 5.32 Å². The molecule has 0 unspecified atom stereocenters. The molecule has 3 aromatic rings. The number of aryl methyl sites for hydroxylation is 1. The topological polar surface area (TPSA) is 110 Å². The van der Waals surface area contributed by atoms with Crippen molar-refractivity contribution in [2.75, 3.05) is 16.2 Å². The van der Waals surface area contributed by atoms with Gasteiger partial charge in [0.1, 0.15) is 0 Å². The molecule has 0 fully saturated rings. The Kier molecular flexibility index (Phi) is 5.20. The number of sulfonamides is 1. The Hall–Kier alpha value is -3.72. The summed E-state index contributed by atoms with van der Waals surface area (Å²) in [5.74, 6) is -0.428. The molecule has 0 aliphatic carbocycles. The minimum atomic E-state index is -3.69. The minimum absolute atomic E-state index is 0.122. The largest absolute Gasteiger partial charge is 0.322 e. The van der Waals surface area contributed by atoms with Gasteiger partial charge in [0.2, 0.25) is 0 Å². The van der Waals surface area contributed by atoms with E-state index in [4.69, 9.17) is 0 Å². The quantitative estimate of drug-likeness (QED) is 0.481. The van der Waals surface area contributed by atoms with Gasteiger partial charge >= 0.3 is 0 Å². The lowest BCUT2D eigenvalue weighted by molar-refractivity contribution is -0.384. The average molecular weight is 437 g/mol. The Morgan fingerprint density at radius 2 is 1.81 bits per heavy atom. The summed E-state index contributed by atoms with van der Waals surface area (Å²) in [4.78, 5) is 23.2. The Labute approximate surface area is 179 Å². The molecule has 0 saturated heterocycles. The summed E-state index contributed by atoms with van der Waals surface area (Å²) in [6, 6.07) is 17.2. The number of nitro groups is 1. The second kappa shape index (κ2) is 7.84. The SMILES string of the molecule is Cc1ccc(S(=O)(=O)N2CCc3cc(C(=O)Nc4cccc([N+](=O)[O-])c4)ccc32)cc1. The molecule has 9 heteroatoms. The van der Waals surface area contributed by atoms with Crippen LogP contribution in [0, 0.1) is 17.0 Å². The number of carbonyl (C=O) groups is 1. The molecule has 0 saturated carbocycles. The van der Waals surface area contributed by atoms with Gasteiger partial charge in [-0.2, -0.15) is 0 Å². The summed E-state index contributed by atoms with van der Waals surface area (Å²) >= 11 is 0. The number of non-ortho nitro benzene ring substituents is 1. The number of nitro benzene ring substituents is 1. The zero-order valence-electron chi connectivity index (χ0n) is 16.6. The van der Waals surface area contributed by atoms with Crippen molar-refractivity contribution in [3.05, 3.63) is 93.5 Å². The number of hydrogen-bond acceptors (Lipinski definition) is 5. The van der Waals surface area contributed by atoms with Crippen LogP contribution in [0.15, 0.2) is 71.6 Å². The van der Waals surface area contributed by atoms with E-state index in [9.17, 15) is 23.3 Å². The standard InChI is InChI=1S/C22H19N3O5S/c1-15-5-8-20(9-6-15)31(29,30)24-12-11-16-13-17(7-10-21(16)24)22(26)23-18-3-2-4-19(14-18)25(27)28/h2-10,13-14H,11-12H2,1H3,(H,23,26). The molecule has 0 aromatic heterocycles. The highest BCUT2D eigenvalue weighted by molar-refractivity contribution is 7.92. The Balaban J connectivity index is 1.57. The molecule has 0 bridgehead atoms. The zero-order valence-corrected chi connectivity index (χ0v) is 17.4.